The van der Waals surface area contributed by atoms with Crippen LogP contribution >= 0.6 is 11.8 Å². The van der Waals surface area contributed by atoms with Crippen LogP contribution in [-0.2, 0) is 27.8 Å². The average Bonchev–Trinajstić information content (AvgIpc) is 3.27. The van der Waals surface area contributed by atoms with E-state index in [1.54, 1.807) is 6.92 Å². The highest BCUT2D eigenvalue weighted by molar-refractivity contribution is 8.00. The Kier molecular flexibility index (Phi) is 6.51. The molecule has 4 rings (SSSR count). The molecule has 1 aliphatic carbocycles. The zero-order valence-corrected chi connectivity index (χ0v) is 18.8. The number of fused-ring (bicyclic) bond motifs is 1. The van der Waals surface area contributed by atoms with E-state index < -0.39 is 16.1 Å². The van der Waals surface area contributed by atoms with Gasteiger partial charge in [-0.2, -0.15) is 4.31 Å². The van der Waals surface area contributed by atoms with Crippen LogP contribution in [0.2, 0.25) is 0 Å². The smallest absolute Gasteiger partial charge is 0.243 e. The van der Waals surface area contributed by atoms with E-state index in [-0.39, 0.29) is 18.2 Å². The maximum absolute atomic E-state index is 13.1. The molecule has 1 amide bonds. The van der Waals surface area contributed by atoms with Crippen molar-refractivity contribution < 1.29 is 13.2 Å². The molecule has 0 saturated heterocycles. The number of anilines is 1. The summed E-state index contributed by atoms with van der Waals surface area (Å²) in [5.41, 5.74) is 2.69. The van der Waals surface area contributed by atoms with E-state index in [1.165, 1.54) is 34.9 Å². The Balaban J connectivity index is 1.49. The number of amides is 1. The fourth-order valence-electron chi connectivity index (χ4n) is 4.22. The highest BCUT2D eigenvalue weighted by Crippen LogP contribution is 2.35. The lowest BCUT2D eigenvalue weighted by atomic mass is 9.95. The lowest BCUT2D eigenvalue weighted by Crippen LogP contribution is -2.51. The summed E-state index contributed by atoms with van der Waals surface area (Å²) in [4.78, 5) is 14.3. The van der Waals surface area contributed by atoms with Crippen molar-refractivity contribution in [2.24, 2.45) is 0 Å². The van der Waals surface area contributed by atoms with Gasteiger partial charge in [0.1, 0.15) is 6.04 Å². The third-order valence-electron chi connectivity index (χ3n) is 5.96. The largest absolute Gasteiger partial charge is 0.325 e. The van der Waals surface area contributed by atoms with Crippen LogP contribution < -0.4 is 5.32 Å². The molecule has 160 valence electrons. The monoisotopic (exact) mass is 444 g/mol. The lowest BCUT2D eigenvalue weighted by Gasteiger charge is -2.34. The molecule has 0 aromatic heterocycles. The molecule has 0 bridgehead atoms. The van der Waals surface area contributed by atoms with E-state index in [0.717, 1.165) is 11.1 Å². The lowest BCUT2D eigenvalue weighted by molar-refractivity contribution is -0.120. The first-order chi connectivity index (χ1) is 14.5. The maximum Gasteiger partial charge on any atom is 0.243 e. The first-order valence-corrected chi connectivity index (χ1v) is 13.1. The number of hydrogen-bond donors (Lipinski definition) is 1. The Hall–Kier alpha value is -1.83. The molecule has 1 atom stereocenters. The van der Waals surface area contributed by atoms with Gasteiger partial charge in [-0.05, 0) is 61.6 Å². The Morgan fingerprint density at radius 1 is 1.07 bits per heavy atom. The number of sulfonamides is 1. The van der Waals surface area contributed by atoms with Crippen molar-refractivity contribution in [2.45, 2.75) is 61.8 Å². The minimum atomic E-state index is -3.50. The number of nitrogens with zero attached hydrogens (tertiary/aromatic N) is 1. The van der Waals surface area contributed by atoms with Gasteiger partial charge in [0.25, 0.3) is 0 Å². The summed E-state index contributed by atoms with van der Waals surface area (Å²) in [5, 5.41) is 3.63. The summed E-state index contributed by atoms with van der Waals surface area (Å²) in [6.07, 6.45) is 5.56. The molecule has 2 aromatic carbocycles. The highest BCUT2D eigenvalue weighted by atomic mass is 32.2. The molecule has 2 aliphatic rings. The van der Waals surface area contributed by atoms with Crippen LogP contribution in [-0.4, -0.2) is 35.7 Å². The molecule has 30 heavy (non-hydrogen) atoms. The van der Waals surface area contributed by atoms with Crippen LogP contribution in [0.15, 0.2) is 53.4 Å². The summed E-state index contributed by atoms with van der Waals surface area (Å²) in [6, 6.07) is 14.9. The van der Waals surface area contributed by atoms with Gasteiger partial charge >= 0.3 is 0 Å². The van der Waals surface area contributed by atoms with E-state index in [0.29, 0.717) is 17.4 Å². The fourth-order valence-corrected chi connectivity index (χ4v) is 6.69. The quantitative estimate of drug-likeness (QED) is 0.715. The summed E-state index contributed by atoms with van der Waals surface area (Å²) in [7, 11) is -3.50. The van der Waals surface area contributed by atoms with Crippen LogP contribution in [0.4, 0.5) is 5.69 Å². The number of nitrogens with one attached hydrogen (secondary N) is 1. The van der Waals surface area contributed by atoms with E-state index in [2.05, 4.69) is 5.32 Å². The molecular weight excluding hydrogens is 416 g/mol. The second-order valence-corrected chi connectivity index (χ2v) is 11.6. The van der Waals surface area contributed by atoms with Gasteiger partial charge in [0.05, 0.1) is 5.75 Å². The van der Waals surface area contributed by atoms with Gasteiger partial charge in [0.2, 0.25) is 15.9 Å². The second-order valence-electron chi connectivity index (χ2n) is 7.97. The van der Waals surface area contributed by atoms with E-state index >= 15 is 0 Å². The molecular formula is C23H28N2O3S2. The number of benzene rings is 2. The van der Waals surface area contributed by atoms with Gasteiger partial charge in [-0.1, -0.05) is 37.1 Å². The molecule has 0 spiro atoms. The van der Waals surface area contributed by atoms with Gasteiger partial charge in [0, 0.05) is 22.4 Å². The van der Waals surface area contributed by atoms with Crippen molar-refractivity contribution in [2.75, 3.05) is 11.1 Å². The molecule has 1 fully saturated rings. The summed E-state index contributed by atoms with van der Waals surface area (Å²) in [6.45, 7) is 1.85. The molecule has 1 N–H and O–H groups in total. The maximum atomic E-state index is 13.1. The molecule has 1 aliphatic heterocycles. The van der Waals surface area contributed by atoms with Crippen molar-refractivity contribution in [1.29, 1.82) is 0 Å². The number of carbonyl (C=O) groups is 1. The normalized spacial score (nSPS) is 20.1. The molecule has 1 unspecified atom stereocenters. The van der Waals surface area contributed by atoms with Gasteiger partial charge in [0.15, 0.2) is 0 Å². The standard InChI is InChI=1S/C23H28N2O3S2/c1-2-30(27,28)25-16-18-8-4-3-7-17(18)15-22(25)23(26)24-19-11-13-21(14-12-19)29-20-9-5-6-10-20/h3-4,7-8,11-14,20,22H,2,5-6,9-10,15-16H2,1H3,(H,24,26). The van der Waals surface area contributed by atoms with Gasteiger partial charge in [-0.15, -0.1) is 11.8 Å². The molecule has 1 heterocycles. The summed E-state index contributed by atoms with van der Waals surface area (Å²) in [5.74, 6) is -0.302. The zero-order valence-electron chi connectivity index (χ0n) is 17.2. The van der Waals surface area contributed by atoms with Crippen LogP contribution in [0.25, 0.3) is 0 Å². The Morgan fingerprint density at radius 3 is 2.40 bits per heavy atom. The van der Waals surface area contributed by atoms with Crippen LogP contribution in [0.5, 0.6) is 0 Å². The summed E-state index contributed by atoms with van der Waals surface area (Å²) >= 11 is 1.91. The fraction of sp³-hybridized carbons (Fsp3) is 0.435. The molecule has 7 heteroatoms. The van der Waals surface area contributed by atoms with Crippen LogP contribution in [0.3, 0.4) is 0 Å². The molecule has 5 nitrogen and oxygen atoms in total. The Labute approximate surface area is 183 Å². The second kappa shape index (κ2) is 9.12. The van der Waals surface area contributed by atoms with Crippen LogP contribution in [0.1, 0.15) is 43.7 Å². The van der Waals surface area contributed by atoms with Gasteiger partial charge < -0.3 is 5.32 Å². The van der Waals surface area contributed by atoms with Crippen molar-refractivity contribution in [3.05, 3.63) is 59.7 Å². The van der Waals surface area contributed by atoms with E-state index in [4.69, 9.17) is 0 Å². The Bertz CT molecular complexity index is 999. The molecule has 1 saturated carbocycles. The average molecular weight is 445 g/mol. The van der Waals surface area contributed by atoms with Crippen molar-refractivity contribution in [1.82, 2.24) is 4.31 Å². The van der Waals surface area contributed by atoms with E-state index in [1.807, 2.05) is 60.3 Å². The minimum Gasteiger partial charge on any atom is -0.325 e. The van der Waals surface area contributed by atoms with Gasteiger partial charge in [-0.25, -0.2) is 8.42 Å². The third kappa shape index (κ3) is 4.74. The summed E-state index contributed by atoms with van der Waals surface area (Å²) < 4.78 is 26.7. The van der Waals surface area contributed by atoms with Crippen molar-refractivity contribution >= 4 is 33.4 Å². The minimum absolute atomic E-state index is 0.0218. The van der Waals surface area contributed by atoms with E-state index in [9.17, 15) is 13.2 Å². The highest BCUT2D eigenvalue weighted by Gasteiger charge is 2.37. The number of thioether (sulfide) groups is 1. The predicted octanol–water partition coefficient (Wildman–Crippen LogP) is 4.44. The zero-order chi connectivity index (χ0) is 21.1. The number of rotatable bonds is 6. The van der Waals surface area contributed by atoms with Crippen molar-refractivity contribution in [3.63, 3.8) is 0 Å². The predicted molar refractivity (Wildman–Crippen MR) is 122 cm³/mol. The van der Waals surface area contributed by atoms with Crippen molar-refractivity contribution in [3.8, 4) is 0 Å². The molecule has 2 aromatic rings. The SMILES string of the molecule is CCS(=O)(=O)N1Cc2ccccc2CC1C(=O)Nc1ccc(SC2CCCC2)cc1. The topological polar surface area (TPSA) is 66.5 Å². The number of carbonyl (C=O) groups excluding carboxylic acids is 1. The first kappa shape index (κ1) is 21.4. The third-order valence-corrected chi connectivity index (χ3v) is 9.13. The number of hydrogen-bond acceptors (Lipinski definition) is 4. The first-order valence-electron chi connectivity index (χ1n) is 10.6. The van der Waals surface area contributed by atoms with Gasteiger partial charge in [-0.3, -0.25) is 4.79 Å². The Morgan fingerprint density at radius 2 is 1.73 bits per heavy atom. The van der Waals surface area contributed by atoms with Crippen LogP contribution in [0, 0.1) is 0 Å². The molecule has 0 radical (unpaired) electrons.